The van der Waals surface area contributed by atoms with E-state index in [2.05, 4.69) is 25.0 Å². The number of hydrogen-bond acceptors (Lipinski definition) is 2. The fraction of sp³-hybridized carbons (Fsp3) is 0.727. The second kappa shape index (κ2) is 5.15. The van der Waals surface area contributed by atoms with E-state index >= 15 is 0 Å². The molecule has 3 heteroatoms. The average molecular weight is 196 g/mol. The molecule has 0 radical (unpaired) electrons. The smallest absolute Gasteiger partial charge is 0.0624 e. The van der Waals surface area contributed by atoms with Crippen molar-refractivity contribution in [2.45, 2.75) is 52.7 Å². The zero-order chi connectivity index (χ0) is 10.6. The Morgan fingerprint density at radius 2 is 2.14 bits per heavy atom. The van der Waals surface area contributed by atoms with Crippen LogP contribution in [0.1, 0.15) is 38.6 Å². The number of aliphatic hydroxyl groups is 1. The number of nitrogens with zero attached hydrogens (tertiary/aromatic N) is 2. The third-order valence-electron chi connectivity index (χ3n) is 2.40. The molecule has 1 heterocycles. The molecule has 1 atom stereocenters. The van der Waals surface area contributed by atoms with Crippen molar-refractivity contribution < 1.29 is 5.11 Å². The first-order chi connectivity index (χ1) is 6.67. The van der Waals surface area contributed by atoms with E-state index in [0.29, 0.717) is 0 Å². The minimum Gasteiger partial charge on any atom is -0.393 e. The molecule has 1 N–H and O–H groups in total. The van der Waals surface area contributed by atoms with Crippen LogP contribution in [0.5, 0.6) is 0 Å². The van der Waals surface area contributed by atoms with Crippen LogP contribution in [-0.2, 0) is 19.4 Å². The first-order valence-corrected chi connectivity index (χ1v) is 5.41. The zero-order valence-corrected chi connectivity index (χ0v) is 9.32. The Bertz CT molecular complexity index is 279. The molecule has 0 aliphatic heterocycles. The maximum atomic E-state index is 9.20. The number of hydrogen-bond donors (Lipinski definition) is 1. The fourth-order valence-corrected chi connectivity index (χ4v) is 1.48. The largest absolute Gasteiger partial charge is 0.393 e. The van der Waals surface area contributed by atoms with Gasteiger partial charge in [0, 0.05) is 12.2 Å². The second-order valence-electron chi connectivity index (χ2n) is 3.69. The summed E-state index contributed by atoms with van der Waals surface area (Å²) in [6.07, 6.45) is 2.52. The highest BCUT2D eigenvalue weighted by molar-refractivity contribution is 5.10. The van der Waals surface area contributed by atoms with E-state index in [-0.39, 0.29) is 6.10 Å². The summed E-state index contributed by atoms with van der Waals surface area (Å²) >= 11 is 0. The van der Waals surface area contributed by atoms with Gasteiger partial charge in [0.05, 0.1) is 11.8 Å². The number of aromatic nitrogens is 2. The summed E-state index contributed by atoms with van der Waals surface area (Å²) in [7, 11) is 0. The van der Waals surface area contributed by atoms with Crippen LogP contribution in [0.25, 0.3) is 0 Å². The predicted molar refractivity (Wildman–Crippen MR) is 57.3 cm³/mol. The molecule has 0 spiro atoms. The molecular formula is C11H20N2O. The highest BCUT2D eigenvalue weighted by Gasteiger charge is 2.05. The van der Waals surface area contributed by atoms with Crippen LogP contribution in [0.4, 0.5) is 0 Å². The molecular weight excluding hydrogens is 176 g/mol. The van der Waals surface area contributed by atoms with Gasteiger partial charge in [-0.15, -0.1) is 0 Å². The summed E-state index contributed by atoms with van der Waals surface area (Å²) in [4.78, 5) is 0. The van der Waals surface area contributed by atoms with Crippen LogP contribution >= 0.6 is 0 Å². The molecule has 80 valence electrons. The first-order valence-electron chi connectivity index (χ1n) is 5.41. The zero-order valence-electron chi connectivity index (χ0n) is 9.32. The monoisotopic (exact) mass is 196 g/mol. The van der Waals surface area contributed by atoms with Gasteiger partial charge in [0.1, 0.15) is 0 Å². The van der Waals surface area contributed by atoms with Gasteiger partial charge < -0.3 is 5.11 Å². The van der Waals surface area contributed by atoms with Crippen molar-refractivity contribution in [1.82, 2.24) is 9.78 Å². The van der Waals surface area contributed by atoms with E-state index < -0.39 is 0 Å². The summed E-state index contributed by atoms with van der Waals surface area (Å²) in [5.41, 5.74) is 2.41. The van der Waals surface area contributed by atoms with Crippen LogP contribution in [0, 0.1) is 0 Å². The average Bonchev–Trinajstić information content (AvgIpc) is 2.57. The highest BCUT2D eigenvalue weighted by Crippen LogP contribution is 2.07. The van der Waals surface area contributed by atoms with Crippen molar-refractivity contribution in [2.75, 3.05) is 0 Å². The van der Waals surface area contributed by atoms with Crippen molar-refractivity contribution in [3.63, 3.8) is 0 Å². The molecule has 0 bridgehead atoms. The number of aliphatic hydroxyl groups excluding tert-OH is 1. The van der Waals surface area contributed by atoms with Gasteiger partial charge in [-0.3, -0.25) is 4.68 Å². The Morgan fingerprint density at radius 3 is 2.64 bits per heavy atom. The lowest BCUT2D eigenvalue weighted by atomic mass is 10.2. The molecule has 0 fully saturated rings. The topological polar surface area (TPSA) is 38.0 Å². The quantitative estimate of drug-likeness (QED) is 0.779. The lowest BCUT2D eigenvalue weighted by molar-refractivity contribution is 0.175. The summed E-state index contributed by atoms with van der Waals surface area (Å²) in [5.74, 6) is 0. The molecule has 0 aliphatic rings. The van der Waals surface area contributed by atoms with Crippen molar-refractivity contribution in [3.05, 3.63) is 17.5 Å². The summed E-state index contributed by atoms with van der Waals surface area (Å²) in [6.45, 7) is 6.88. The van der Waals surface area contributed by atoms with E-state index in [1.807, 2.05) is 11.6 Å². The number of rotatable bonds is 5. The van der Waals surface area contributed by atoms with Crippen LogP contribution in [0.2, 0.25) is 0 Å². The Morgan fingerprint density at radius 1 is 1.43 bits per heavy atom. The fourth-order valence-electron chi connectivity index (χ4n) is 1.48. The molecule has 1 unspecified atom stereocenters. The maximum Gasteiger partial charge on any atom is 0.0624 e. The SMILES string of the molecule is CCc1cc(CC)n(CCC(C)O)n1. The summed E-state index contributed by atoms with van der Waals surface area (Å²) < 4.78 is 2.02. The van der Waals surface area contributed by atoms with Gasteiger partial charge in [0.2, 0.25) is 0 Å². The third kappa shape index (κ3) is 2.84. The molecule has 1 aromatic heterocycles. The molecule has 1 rings (SSSR count). The van der Waals surface area contributed by atoms with Gasteiger partial charge in [-0.1, -0.05) is 13.8 Å². The molecule has 0 aromatic carbocycles. The maximum absolute atomic E-state index is 9.20. The first kappa shape index (κ1) is 11.2. The molecule has 1 aromatic rings. The lowest BCUT2D eigenvalue weighted by Gasteiger charge is -2.07. The molecule has 0 saturated carbocycles. The van der Waals surface area contributed by atoms with Crippen LogP contribution in [-0.4, -0.2) is 21.0 Å². The van der Waals surface area contributed by atoms with E-state index in [1.54, 1.807) is 0 Å². The Hall–Kier alpha value is -0.830. The van der Waals surface area contributed by atoms with Gasteiger partial charge in [0.15, 0.2) is 0 Å². The Labute approximate surface area is 85.8 Å². The predicted octanol–water partition coefficient (Wildman–Crippen LogP) is 1.78. The van der Waals surface area contributed by atoms with Crippen molar-refractivity contribution >= 4 is 0 Å². The molecule has 3 nitrogen and oxygen atoms in total. The van der Waals surface area contributed by atoms with E-state index in [4.69, 9.17) is 0 Å². The van der Waals surface area contributed by atoms with Crippen LogP contribution < -0.4 is 0 Å². The number of aryl methyl sites for hydroxylation is 3. The standard InChI is InChI=1S/C11H20N2O/c1-4-10-8-11(5-2)13(12-10)7-6-9(3)14/h8-9,14H,4-7H2,1-3H3. The molecule has 0 amide bonds. The molecule has 0 saturated heterocycles. The molecule has 0 aliphatic carbocycles. The van der Waals surface area contributed by atoms with Crippen molar-refractivity contribution in [2.24, 2.45) is 0 Å². The van der Waals surface area contributed by atoms with E-state index in [0.717, 1.165) is 31.5 Å². The summed E-state index contributed by atoms with van der Waals surface area (Å²) in [6, 6.07) is 2.15. The Kier molecular flexibility index (Phi) is 4.14. The van der Waals surface area contributed by atoms with Gasteiger partial charge in [-0.2, -0.15) is 5.10 Å². The van der Waals surface area contributed by atoms with Crippen molar-refractivity contribution in [1.29, 1.82) is 0 Å². The lowest BCUT2D eigenvalue weighted by Crippen LogP contribution is -2.10. The van der Waals surface area contributed by atoms with E-state index in [1.165, 1.54) is 5.69 Å². The molecule has 14 heavy (non-hydrogen) atoms. The van der Waals surface area contributed by atoms with E-state index in [9.17, 15) is 5.11 Å². The minimum absolute atomic E-state index is 0.242. The van der Waals surface area contributed by atoms with Crippen LogP contribution in [0.3, 0.4) is 0 Å². The Balaban J connectivity index is 2.68. The second-order valence-corrected chi connectivity index (χ2v) is 3.69. The normalized spacial score (nSPS) is 13.1. The third-order valence-corrected chi connectivity index (χ3v) is 2.40. The van der Waals surface area contributed by atoms with Gasteiger partial charge in [0.25, 0.3) is 0 Å². The van der Waals surface area contributed by atoms with Gasteiger partial charge >= 0.3 is 0 Å². The highest BCUT2D eigenvalue weighted by atomic mass is 16.3. The van der Waals surface area contributed by atoms with Gasteiger partial charge in [-0.25, -0.2) is 0 Å². The summed E-state index contributed by atoms with van der Waals surface area (Å²) in [5, 5.41) is 13.7. The van der Waals surface area contributed by atoms with Gasteiger partial charge in [-0.05, 0) is 32.3 Å². The van der Waals surface area contributed by atoms with Crippen molar-refractivity contribution in [3.8, 4) is 0 Å². The minimum atomic E-state index is -0.242. The van der Waals surface area contributed by atoms with Crippen LogP contribution in [0.15, 0.2) is 6.07 Å².